The molecular formula is C20H16N2S. The van der Waals surface area contributed by atoms with Crippen LogP contribution in [0.2, 0.25) is 0 Å². The molecule has 0 aliphatic rings. The van der Waals surface area contributed by atoms with Crippen molar-refractivity contribution in [1.29, 1.82) is 0 Å². The van der Waals surface area contributed by atoms with Crippen LogP contribution in [-0.4, -0.2) is 9.38 Å². The molecule has 2 aromatic carbocycles. The molecule has 0 saturated heterocycles. The quantitative estimate of drug-likeness (QED) is 0.499. The van der Waals surface area contributed by atoms with Crippen LogP contribution in [0.1, 0.15) is 5.56 Å². The lowest BCUT2D eigenvalue weighted by molar-refractivity contribution is 1.04. The number of hydrogen-bond acceptors (Lipinski definition) is 2. The van der Waals surface area contributed by atoms with E-state index in [1.165, 1.54) is 10.5 Å². The number of fused-ring (bicyclic) bond motifs is 1. The van der Waals surface area contributed by atoms with Crippen molar-refractivity contribution >= 4 is 17.4 Å². The third-order valence-corrected chi connectivity index (χ3v) is 4.83. The Morgan fingerprint density at radius 1 is 0.870 bits per heavy atom. The van der Waals surface area contributed by atoms with E-state index in [4.69, 9.17) is 4.98 Å². The molecule has 0 saturated carbocycles. The summed E-state index contributed by atoms with van der Waals surface area (Å²) in [5.41, 5.74) is 4.39. The van der Waals surface area contributed by atoms with Gasteiger partial charge in [0, 0.05) is 16.7 Å². The summed E-state index contributed by atoms with van der Waals surface area (Å²) in [4.78, 5) is 6.10. The van der Waals surface area contributed by atoms with E-state index in [0.717, 1.165) is 21.9 Å². The number of nitrogens with zero attached hydrogens (tertiary/aromatic N) is 2. The van der Waals surface area contributed by atoms with Crippen molar-refractivity contribution in [3.05, 3.63) is 84.6 Å². The van der Waals surface area contributed by atoms with Gasteiger partial charge in [0.25, 0.3) is 0 Å². The summed E-state index contributed by atoms with van der Waals surface area (Å²) in [6.45, 7) is 2.10. The smallest absolute Gasteiger partial charge is 0.138 e. The fourth-order valence-electron chi connectivity index (χ4n) is 2.61. The standard InChI is InChI=1S/C20H16N2S/c1-15-12-13-22-18(14-15)21-19(16-8-4-2-5-9-16)20(22)23-17-10-6-3-7-11-17/h2-14H,1H3. The van der Waals surface area contributed by atoms with Crippen molar-refractivity contribution in [2.24, 2.45) is 0 Å². The van der Waals surface area contributed by atoms with Gasteiger partial charge in [0.15, 0.2) is 0 Å². The summed E-state index contributed by atoms with van der Waals surface area (Å²) in [6.07, 6.45) is 2.11. The molecule has 0 radical (unpaired) electrons. The first-order valence-electron chi connectivity index (χ1n) is 7.58. The summed E-state index contributed by atoms with van der Waals surface area (Å²) < 4.78 is 2.17. The molecule has 2 nitrogen and oxygen atoms in total. The van der Waals surface area contributed by atoms with Crippen molar-refractivity contribution in [1.82, 2.24) is 9.38 Å². The lowest BCUT2D eigenvalue weighted by Gasteiger charge is -2.05. The molecule has 0 aliphatic carbocycles. The predicted molar refractivity (Wildman–Crippen MR) is 95.9 cm³/mol. The number of aryl methyl sites for hydroxylation is 1. The maximum atomic E-state index is 4.88. The largest absolute Gasteiger partial charge is 0.294 e. The molecule has 0 aliphatic heterocycles. The molecule has 112 valence electrons. The van der Waals surface area contributed by atoms with Crippen LogP contribution in [0.25, 0.3) is 16.9 Å². The van der Waals surface area contributed by atoms with Crippen LogP contribution in [-0.2, 0) is 0 Å². The van der Waals surface area contributed by atoms with Gasteiger partial charge in [0.1, 0.15) is 16.4 Å². The summed E-state index contributed by atoms with van der Waals surface area (Å²) >= 11 is 1.75. The minimum atomic E-state index is 0.988. The monoisotopic (exact) mass is 316 g/mol. The van der Waals surface area contributed by atoms with Crippen LogP contribution in [0.3, 0.4) is 0 Å². The first-order valence-corrected chi connectivity index (χ1v) is 8.40. The Hall–Kier alpha value is -2.52. The Balaban J connectivity index is 1.92. The molecule has 0 bridgehead atoms. The van der Waals surface area contributed by atoms with E-state index in [1.54, 1.807) is 11.8 Å². The van der Waals surface area contributed by atoms with Gasteiger partial charge in [-0.2, -0.15) is 0 Å². The maximum absolute atomic E-state index is 4.88. The van der Waals surface area contributed by atoms with E-state index < -0.39 is 0 Å². The van der Waals surface area contributed by atoms with Crippen molar-refractivity contribution < 1.29 is 0 Å². The Labute approximate surface area is 139 Å². The Bertz CT molecular complexity index is 943. The lowest BCUT2D eigenvalue weighted by atomic mass is 10.2. The zero-order valence-electron chi connectivity index (χ0n) is 12.8. The molecule has 2 heterocycles. The SMILES string of the molecule is Cc1ccn2c(Sc3ccccc3)c(-c3ccccc3)nc2c1. The van der Waals surface area contributed by atoms with Gasteiger partial charge < -0.3 is 0 Å². The second-order valence-corrected chi connectivity index (χ2v) is 6.54. The average Bonchev–Trinajstić information content (AvgIpc) is 2.94. The minimum absolute atomic E-state index is 0.988. The fourth-order valence-corrected chi connectivity index (χ4v) is 3.64. The van der Waals surface area contributed by atoms with Crippen LogP contribution in [0, 0.1) is 6.92 Å². The number of rotatable bonds is 3. The third kappa shape index (κ3) is 2.76. The van der Waals surface area contributed by atoms with Gasteiger partial charge in [-0.3, -0.25) is 4.40 Å². The summed E-state index contributed by atoms with van der Waals surface area (Å²) in [7, 11) is 0. The summed E-state index contributed by atoms with van der Waals surface area (Å²) in [6, 6.07) is 25.1. The van der Waals surface area contributed by atoms with Crippen LogP contribution < -0.4 is 0 Å². The number of benzene rings is 2. The van der Waals surface area contributed by atoms with Gasteiger partial charge in [-0.25, -0.2) is 4.98 Å². The zero-order valence-corrected chi connectivity index (χ0v) is 13.6. The van der Waals surface area contributed by atoms with E-state index >= 15 is 0 Å². The number of imidazole rings is 1. The average molecular weight is 316 g/mol. The highest BCUT2D eigenvalue weighted by atomic mass is 32.2. The molecule has 4 aromatic rings. The van der Waals surface area contributed by atoms with Crippen LogP contribution in [0.4, 0.5) is 0 Å². The van der Waals surface area contributed by atoms with Gasteiger partial charge >= 0.3 is 0 Å². The Kier molecular flexibility index (Phi) is 3.64. The Morgan fingerprint density at radius 3 is 2.30 bits per heavy atom. The van der Waals surface area contributed by atoms with Gasteiger partial charge in [-0.1, -0.05) is 60.3 Å². The van der Waals surface area contributed by atoms with Crippen molar-refractivity contribution in [2.45, 2.75) is 16.8 Å². The van der Waals surface area contributed by atoms with E-state index in [0.29, 0.717) is 0 Å². The lowest BCUT2D eigenvalue weighted by Crippen LogP contribution is -1.87. The molecular weight excluding hydrogens is 300 g/mol. The summed E-state index contributed by atoms with van der Waals surface area (Å²) in [5.74, 6) is 0. The second kappa shape index (κ2) is 5.94. The molecule has 0 amide bonds. The van der Waals surface area contributed by atoms with Gasteiger partial charge in [0.2, 0.25) is 0 Å². The molecule has 2 aromatic heterocycles. The van der Waals surface area contributed by atoms with E-state index in [1.807, 2.05) is 12.1 Å². The topological polar surface area (TPSA) is 17.3 Å². The minimum Gasteiger partial charge on any atom is -0.294 e. The van der Waals surface area contributed by atoms with Crippen molar-refractivity contribution in [3.8, 4) is 11.3 Å². The first kappa shape index (κ1) is 14.1. The van der Waals surface area contributed by atoms with Gasteiger partial charge in [-0.05, 0) is 36.8 Å². The first-order chi connectivity index (χ1) is 11.3. The van der Waals surface area contributed by atoms with Crippen LogP contribution in [0.15, 0.2) is 88.9 Å². The molecule has 4 rings (SSSR count). The number of pyridine rings is 1. The van der Waals surface area contributed by atoms with E-state index in [2.05, 4.69) is 78.2 Å². The fraction of sp³-hybridized carbons (Fsp3) is 0.0500. The molecule has 0 N–H and O–H groups in total. The highest BCUT2D eigenvalue weighted by molar-refractivity contribution is 7.99. The van der Waals surface area contributed by atoms with Crippen LogP contribution in [0.5, 0.6) is 0 Å². The Morgan fingerprint density at radius 2 is 1.57 bits per heavy atom. The summed E-state index contributed by atoms with van der Waals surface area (Å²) in [5, 5.41) is 1.15. The van der Waals surface area contributed by atoms with E-state index in [9.17, 15) is 0 Å². The highest BCUT2D eigenvalue weighted by Gasteiger charge is 2.15. The normalized spacial score (nSPS) is 11.0. The number of hydrogen-bond donors (Lipinski definition) is 0. The molecule has 0 unspecified atom stereocenters. The van der Waals surface area contributed by atoms with E-state index in [-0.39, 0.29) is 0 Å². The molecule has 3 heteroatoms. The maximum Gasteiger partial charge on any atom is 0.138 e. The third-order valence-electron chi connectivity index (χ3n) is 3.74. The molecule has 23 heavy (non-hydrogen) atoms. The molecule has 0 fully saturated rings. The predicted octanol–water partition coefficient (Wildman–Crippen LogP) is 5.46. The second-order valence-electron chi connectivity index (χ2n) is 5.48. The molecule has 0 atom stereocenters. The van der Waals surface area contributed by atoms with Crippen LogP contribution >= 0.6 is 11.8 Å². The molecule has 0 spiro atoms. The van der Waals surface area contributed by atoms with Gasteiger partial charge in [-0.15, -0.1) is 0 Å². The van der Waals surface area contributed by atoms with Gasteiger partial charge in [0.05, 0.1) is 0 Å². The van der Waals surface area contributed by atoms with Crippen molar-refractivity contribution in [2.75, 3.05) is 0 Å². The van der Waals surface area contributed by atoms with Crippen molar-refractivity contribution in [3.63, 3.8) is 0 Å². The number of aromatic nitrogens is 2. The zero-order chi connectivity index (χ0) is 15.6. The highest BCUT2D eigenvalue weighted by Crippen LogP contribution is 2.36.